The molecule has 0 aliphatic rings. The van der Waals surface area contributed by atoms with Gasteiger partial charge >= 0.3 is 0 Å². The molecule has 0 saturated carbocycles. The highest BCUT2D eigenvalue weighted by Gasteiger charge is 2.21. The van der Waals surface area contributed by atoms with E-state index >= 15 is 0 Å². The summed E-state index contributed by atoms with van der Waals surface area (Å²) in [5, 5.41) is 0.384. The van der Waals surface area contributed by atoms with Crippen LogP contribution in [0.1, 0.15) is 15.9 Å². The molecule has 0 amide bonds. The van der Waals surface area contributed by atoms with Crippen molar-refractivity contribution in [3.05, 3.63) is 68.4 Å². The Bertz CT molecular complexity index is 673. The number of carbonyl (C=O) groups is 1. The third kappa shape index (κ3) is 2.67. The molecule has 0 aliphatic heterocycles. The van der Waals surface area contributed by atoms with Crippen molar-refractivity contribution in [2.24, 2.45) is 0 Å². The summed E-state index contributed by atoms with van der Waals surface area (Å²) in [5.74, 6) is -5.29. The molecular weight excluding hydrogens is 344 g/mol. The summed E-state index contributed by atoms with van der Waals surface area (Å²) in [7, 11) is 0. The van der Waals surface area contributed by atoms with Crippen LogP contribution in [-0.2, 0) is 0 Å². The summed E-state index contributed by atoms with van der Waals surface area (Å²) >= 11 is 8.83. The molecule has 0 fully saturated rings. The van der Waals surface area contributed by atoms with E-state index in [0.717, 1.165) is 6.07 Å². The van der Waals surface area contributed by atoms with E-state index in [1.54, 1.807) is 0 Å². The summed E-state index contributed by atoms with van der Waals surface area (Å²) in [5.41, 5.74) is -0.434. The van der Waals surface area contributed by atoms with Crippen molar-refractivity contribution < 1.29 is 18.0 Å². The predicted octanol–water partition coefficient (Wildman–Crippen LogP) is 4.75. The number of benzene rings is 2. The zero-order chi connectivity index (χ0) is 14.2. The Morgan fingerprint density at radius 3 is 2.26 bits per heavy atom. The normalized spacial score (nSPS) is 10.6. The molecule has 2 aromatic carbocycles. The fourth-order valence-corrected chi connectivity index (χ4v) is 2.38. The van der Waals surface area contributed by atoms with Gasteiger partial charge in [-0.3, -0.25) is 4.79 Å². The third-order valence-electron chi connectivity index (χ3n) is 2.46. The van der Waals surface area contributed by atoms with Gasteiger partial charge in [-0.25, -0.2) is 13.2 Å². The standard InChI is InChI=1S/C13H5BrClF3O/c14-9-5-6(15)1-2-7(9)13(19)8-3-4-10(16)12(18)11(8)17/h1-5H. The van der Waals surface area contributed by atoms with E-state index in [4.69, 9.17) is 11.6 Å². The van der Waals surface area contributed by atoms with Crippen LogP contribution in [0, 0.1) is 17.5 Å². The highest BCUT2D eigenvalue weighted by Crippen LogP contribution is 2.25. The average molecular weight is 350 g/mol. The molecule has 1 nitrogen and oxygen atoms in total. The van der Waals surface area contributed by atoms with E-state index in [2.05, 4.69) is 15.9 Å². The molecular formula is C13H5BrClF3O. The summed E-state index contributed by atoms with van der Waals surface area (Å²) in [6.45, 7) is 0. The van der Waals surface area contributed by atoms with Crippen molar-refractivity contribution in [2.45, 2.75) is 0 Å². The Balaban J connectivity index is 2.53. The van der Waals surface area contributed by atoms with Crippen molar-refractivity contribution >= 4 is 33.3 Å². The van der Waals surface area contributed by atoms with Crippen LogP contribution in [0.2, 0.25) is 5.02 Å². The minimum absolute atomic E-state index is 0.106. The van der Waals surface area contributed by atoms with Crippen LogP contribution in [-0.4, -0.2) is 5.78 Å². The molecule has 98 valence electrons. The second-order valence-corrected chi connectivity index (χ2v) is 4.97. The number of hydrogen-bond donors (Lipinski definition) is 0. The third-order valence-corrected chi connectivity index (χ3v) is 3.35. The second kappa shape index (κ2) is 5.35. The minimum atomic E-state index is -1.67. The SMILES string of the molecule is O=C(c1ccc(Cl)cc1Br)c1ccc(F)c(F)c1F. The molecule has 0 heterocycles. The van der Waals surface area contributed by atoms with E-state index in [1.807, 2.05) is 0 Å². The number of rotatable bonds is 2. The molecule has 0 aliphatic carbocycles. The van der Waals surface area contributed by atoms with Crippen LogP contribution in [0.5, 0.6) is 0 Å². The van der Waals surface area contributed by atoms with Crippen molar-refractivity contribution in [3.8, 4) is 0 Å². The molecule has 0 N–H and O–H groups in total. The van der Waals surface area contributed by atoms with Crippen LogP contribution in [0.25, 0.3) is 0 Å². The van der Waals surface area contributed by atoms with Gasteiger partial charge in [-0.15, -0.1) is 0 Å². The van der Waals surface area contributed by atoms with E-state index in [1.165, 1.54) is 18.2 Å². The Hall–Kier alpha value is -1.33. The van der Waals surface area contributed by atoms with Gasteiger partial charge in [0.2, 0.25) is 0 Å². The summed E-state index contributed by atoms with van der Waals surface area (Å²) in [6, 6.07) is 5.87. The topological polar surface area (TPSA) is 17.1 Å². The number of ketones is 1. The van der Waals surface area contributed by atoms with Gasteiger partial charge in [-0.1, -0.05) is 11.6 Å². The van der Waals surface area contributed by atoms with Gasteiger partial charge in [0.05, 0.1) is 5.56 Å². The smallest absolute Gasteiger partial charge is 0.197 e. The van der Waals surface area contributed by atoms with Crippen LogP contribution >= 0.6 is 27.5 Å². The summed E-state index contributed by atoms with van der Waals surface area (Å²) in [4.78, 5) is 12.1. The fourth-order valence-electron chi connectivity index (χ4n) is 1.52. The van der Waals surface area contributed by atoms with E-state index in [-0.39, 0.29) is 5.56 Å². The Kier molecular flexibility index (Phi) is 3.96. The lowest BCUT2D eigenvalue weighted by molar-refractivity contribution is 0.103. The molecule has 2 rings (SSSR count). The zero-order valence-electron chi connectivity index (χ0n) is 9.18. The summed E-state index contributed by atoms with van der Waals surface area (Å²) < 4.78 is 39.8. The van der Waals surface area contributed by atoms with E-state index in [0.29, 0.717) is 15.6 Å². The average Bonchev–Trinajstić information content (AvgIpc) is 2.35. The maximum atomic E-state index is 13.5. The molecule has 0 bridgehead atoms. The lowest BCUT2D eigenvalue weighted by Gasteiger charge is -2.06. The lowest BCUT2D eigenvalue weighted by Crippen LogP contribution is -2.08. The fraction of sp³-hybridized carbons (Fsp3) is 0. The number of halogens is 5. The maximum absolute atomic E-state index is 13.5. The lowest BCUT2D eigenvalue weighted by atomic mass is 10.0. The van der Waals surface area contributed by atoms with Gasteiger partial charge in [-0.05, 0) is 46.3 Å². The van der Waals surface area contributed by atoms with Gasteiger partial charge in [0, 0.05) is 15.1 Å². The molecule has 0 saturated heterocycles. The molecule has 0 atom stereocenters. The van der Waals surface area contributed by atoms with Gasteiger partial charge in [0.15, 0.2) is 23.2 Å². The van der Waals surface area contributed by atoms with Crippen LogP contribution < -0.4 is 0 Å². The first-order valence-corrected chi connectivity index (χ1v) is 6.22. The molecule has 6 heteroatoms. The molecule has 19 heavy (non-hydrogen) atoms. The zero-order valence-corrected chi connectivity index (χ0v) is 11.5. The van der Waals surface area contributed by atoms with E-state index < -0.39 is 28.8 Å². The first kappa shape index (κ1) is 14.1. The maximum Gasteiger partial charge on any atom is 0.197 e. The first-order valence-electron chi connectivity index (χ1n) is 5.05. The number of carbonyl (C=O) groups excluding carboxylic acids is 1. The highest BCUT2D eigenvalue weighted by molar-refractivity contribution is 9.10. The number of hydrogen-bond acceptors (Lipinski definition) is 1. The van der Waals surface area contributed by atoms with Gasteiger partial charge in [-0.2, -0.15) is 0 Å². The van der Waals surface area contributed by atoms with Crippen LogP contribution in [0.3, 0.4) is 0 Å². The minimum Gasteiger partial charge on any atom is -0.288 e. The molecule has 0 aromatic heterocycles. The van der Waals surface area contributed by atoms with Crippen LogP contribution in [0.15, 0.2) is 34.8 Å². The highest BCUT2D eigenvalue weighted by atomic mass is 79.9. The van der Waals surface area contributed by atoms with Gasteiger partial charge in [0.25, 0.3) is 0 Å². The quantitative estimate of drug-likeness (QED) is 0.565. The van der Waals surface area contributed by atoms with Crippen LogP contribution in [0.4, 0.5) is 13.2 Å². The Morgan fingerprint density at radius 2 is 1.63 bits per heavy atom. The van der Waals surface area contributed by atoms with Crippen molar-refractivity contribution in [3.63, 3.8) is 0 Å². The van der Waals surface area contributed by atoms with Crippen molar-refractivity contribution in [2.75, 3.05) is 0 Å². The summed E-state index contributed by atoms with van der Waals surface area (Å²) in [6.07, 6.45) is 0. The molecule has 0 spiro atoms. The van der Waals surface area contributed by atoms with Crippen molar-refractivity contribution in [1.29, 1.82) is 0 Å². The largest absolute Gasteiger partial charge is 0.288 e. The first-order chi connectivity index (χ1) is 8.91. The Labute approximate surface area is 120 Å². The van der Waals surface area contributed by atoms with Gasteiger partial charge < -0.3 is 0 Å². The second-order valence-electron chi connectivity index (χ2n) is 3.68. The van der Waals surface area contributed by atoms with Crippen molar-refractivity contribution in [1.82, 2.24) is 0 Å². The predicted molar refractivity (Wildman–Crippen MR) is 68.9 cm³/mol. The molecule has 2 aromatic rings. The van der Waals surface area contributed by atoms with E-state index in [9.17, 15) is 18.0 Å². The molecule has 0 unspecified atom stereocenters. The molecule has 0 radical (unpaired) electrons. The van der Waals surface area contributed by atoms with Gasteiger partial charge in [0.1, 0.15) is 0 Å². The monoisotopic (exact) mass is 348 g/mol. The Morgan fingerprint density at radius 1 is 1.00 bits per heavy atom.